The minimum atomic E-state index is -0.934. The first-order valence-corrected chi connectivity index (χ1v) is 11.1. The molecule has 32 heavy (non-hydrogen) atoms. The number of ether oxygens (including phenoxy) is 2. The Kier molecular flexibility index (Phi) is 6.57. The average Bonchev–Trinajstić information content (AvgIpc) is 3.26. The first-order chi connectivity index (χ1) is 15.3. The summed E-state index contributed by atoms with van der Waals surface area (Å²) in [6.07, 6.45) is 4.46. The summed E-state index contributed by atoms with van der Waals surface area (Å²) in [6.45, 7) is 6.23. The molecule has 9 heteroatoms. The molecule has 1 aliphatic carbocycles. The van der Waals surface area contributed by atoms with Gasteiger partial charge in [-0.15, -0.1) is 0 Å². The van der Waals surface area contributed by atoms with Gasteiger partial charge in [0.15, 0.2) is 5.82 Å². The Morgan fingerprint density at radius 3 is 2.81 bits per heavy atom. The number of anilines is 1. The zero-order chi connectivity index (χ0) is 22.7. The molecular weight excluding hydrogens is 410 g/mol. The maximum atomic E-state index is 12.8. The maximum Gasteiger partial charge on any atom is 0.242 e. The molecule has 4 rings (SSSR count). The van der Waals surface area contributed by atoms with Crippen molar-refractivity contribution in [3.63, 3.8) is 0 Å². The Morgan fingerprint density at radius 1 is 1.28 bits per heavy atom. The van der Waals surface area contributed by atoms with Crippen LogP contribution in [-0.4, -0.2) is 83.0 Å². The summed E-state index contributed by atoms with van der Waals surface area (Å²) in [5, 5.41) is 9.93. The third kappa shape index (κ3) is 5.34. The quantitative estimate of drug-likeness (QED) is 0.690. The van der Waals surface area contributed by atoms with Crippen LogP contribution in [0.1, 0.15) is 31.5 Å². The highest BCUT2D eigenvalue weighted by molar-refractivity contribution is 5.81. The number of amides is 1. The lowest BCUT2D eigenvalue weighted by molar-refractivity contribution is -0.133. The maximum absolute atomic E-state index is 12.8. The van der Waals surface area contributed by atoms with Gasteiger partial charge in [-0.05, 0) is 39.2 Å². The molecule has 1 amide bonds. The summed E-state index contributed by atoms with van der Waals surface area (Å²) in [6, 6.07) is 3.53. The molecule has 2 aliphatic rings. The summed E-state index contributed by atoms with van der Waals surface area (Å²) in [7, 11) is 1.90. The molecule has 172 valence electrons. The molecular formula is C23H31N5O4. The Hall–Kier alpha value is -2.78. The van der Waals surface area contributed by atoms with Crippen LogP contribution in [0.5, 0.6) is 5.75 Å². The van der Waals surface area contributed by atoms with E-state index in [9.17, 15) is 9.90 Å². The summed E-state index contributed by atoms with van der Waals surface area (Å²) in [4.78, 5) is 30.6. The predicted octanol–water partition coefficient (Wildman–Crippen LogP) is 1.47. The number of likely N-dealkylation sites (N-methyl/N-ethyl adjacent to an activating group) is 1. The van der Waals surface area contributed by atoms with Crippen LogP contribution in [-0.2, 0) is 22.4 Å². The Bertz CT molecular complexity index is 969. The van der Waals surface area contributed by atoms with E-state index in [1.807, 2.05) is 16.8 Å². The second-order valence-electron chi connectivity index (χ2n) is 8.98. The summed E-state index contributed by atoms with van der Waals surface area (Å²) >= 11 is 0. The largest absolute Gasteiger partial charge is 0.490 e. The molecule has 1 saturated heterocycles. The number of aromatic nitrogens is 3. The van der Waals surface area contributed by atoms with Crippen LogP contribution in [0.25, 0.3) is 11.5 Å². The fraction of sp³-hybridized carbons (Fsp3) is 0.565. The highest BCUT2D eigenvalue weighted by atomic mass is 16.5. The lowest BCUT2D eigenvalue weighted by Crippen LogP contribution is -2.45. The van der Waals surface area contributed by atoms with Gasteiger partial charge in [0.1, 0.15) is 23.9 Å². The van der Waals surface area contributed by atoms with E-state index in [4.69, 9.17) is 19.4 Å². The molecule has 1 aliphatic heterocycles. The first kappa shape index (κ1) is 22.4. The van der Waals surface area contributed by atoms with E-state index in [1.54, 1.807) is 32.2 Å². The number of morpholine rings is 1. The van der Waals surface area contributed by atoms with Gasteiger partial charge < -0.3 is 24.4 Å². The van der Waals surface area contributed by atoms with E-state index >= 15 is 0 Å². The number of pyridine rings is 1. The van der Waals surface area contributed by atoms with Crippen molar-refractivity contribution in [1.82, 2.24) is 19.9 Å². The van der Waals surface area contributed by atoms with E-state index in [0.29, 0.717) is 43.6 Å². The summed E-state index contributed by atoms with van der Waals surface area (Å²) in [5.74, 6) is 1.97. The van der Waals surface area contributed by atoms with Gasteiger partial charge in [-0.3, -0.25) is 9.78 Å². The number of hydrogen-bond donors (Lipinski definition) is 1. The topological polar surface area (TPSA) is 101 Å². The van der Waals surface area contributed by atoms with Crippen molar-refractivity contribution in [1.29, 1.82) is 0 Å². The second-order valence-corrected chi connectivity index (χ2v) is 8.98. The van der Waals surface area contributed by atoms with Crippen LogP contribution < -0.4 is 9.64 Å². The SMILES string of the molecule is CN(CC(=O)N1CCOCC1)c1nc(-c2cc(OCC(C)(C)O)ccn2)nc2c1CCC2. The Balaban J connectivity index is 1.57. The van der Waals surface area contributed by atoms with E-state index in [2.05, 4.69) is 4.98 Å². The number of hydrogen-bond acceptors (Lipinski definition) is 8. The third-order valence-corrected chi connectivity index (χ3v) is 5.56. The second kappa shape index (κ2) is 9.38. The van der Waals surface area contributed by atoms with Crippen molar-refractivity contribution in [3.8, 4) is 17.3 Å². The molecule has 0 saturated carbocycles. The molecule has 0 aromatic carbocycles. The van der Waals surface area contributed by atoms with Gasteiger partial charge in [0, 0.05) is 43.7 Å². The number of carbonyl (C=O) groups is 1. The van der Waals surface area contributed by atoms with Gasteiger partial charge in [0.05, 0.1) is 25.4 Å². The molecule has 2 aromatic heterocycles. The van der Waals surface area contributed by atoms with E-state index in [0.717, 1.165) is 36.3 Å². The number of rotatable bonds is 7. The first-order valence-electron chi connectivity index (χ1n) is 11.1. The van der Waals surface area contributed by atoms with Crippen molar-refractivity contribution in [2.45, 2.75) is 38.7 Å². The van der Waals surface area contributed by atoms with Crippen LogP contribution in [0.15, 0.2) is 18.3 Å². The third-order valence-electron chi connectivity index (χ3n) is 5.56. The van der Waals surface area contributed by atoms with Crippen LogP contribution in [0.2, 0.25) is 0 Å². The lowest BCUT2D eigenvalue weighted by Gasteiger charge is -2.29. The van der Waals surface area contributed by atoms with E-state index in [1.165, 1.54) is 0 Å². The van der Waals surface area contributed by atoms with Gasteiger partial charge in [0.2, 0.25) is 5.91 Å². The smallest absolute Gasteiger partial charge is 0.242 e. The zero-order valence-corrected chi connectivity index (χ0v) is 19.0. The van der Waals surface area contributed by atoms with Crippen molar-refractivity contribution in [3.05, 3.63) is 29.6 Å². The molecule has 0 radical (unpaired) electrons. The molecule has 0 spiro atoms. The average molecular weight is 442 g/mol. The van der Waals surface area contributed by atoms with Crippen LogP contribution >= 0.6 is 0 Å². The number of carbonyl (C=O) groups excluding carboxylic acids is 1. The van der Waals surface area contributed by atoms with Gasteiger partial charge in [0.25, 0.3) is 0 Å². The highest BCUT2D eigenvalue weighted by Crippen LogP contribution is 2.31. The van der Waals surface area contributed by atoms with Crippen LogP contribution in [0, 0.1) is 0 Å². The van der Waals surface area contributed by atoms with Gasteiger partial charge in [-0.1, -0.05) is 0 Å². The lowest BCUT2D eigenvalue weighted by atomic mass is 10.2. The van der Waals surface area contributed by atoms with E-state index in [-0.39, 0.29) is 19.1 Å². The normalized spacial score (nSPS) is 16.1. The van der Waals surface area contributed by atoms with Crippen LogP contribution in [0.4, 0.5) is 5.82 Å². The number of aliphatic hydroxyl groups is 1. The monoisotopic (exact) mass is 441 g/mol. The van der Waals surface area contributed by atoms with E-state index < -0.39 is 5.60 Å². The molecule has 1 N–H and O–H groups in total. The van der Waals surface area contributed by atoms with Crippen molar-refractivity contribution in [2.75, 3.05) is 51.4 Å². The predicted molar refractivity (Wildman–Crippen MR) is 120 cm³/mol. The van der Waals surface area contributed by atoms with Gasteiger partial charge in [-0.2, -0.15) is 0 Å². The van der Waals surface area contributed by atoms with Gasteiger partial charge >= 0.3 is 0 Å². The number of fused-ring (bicyclic) bond motifs is 1. The fourth-order valence-electron chi connectivity index (χ4n) is 3.92. The molecule has 0 atom stereocenters. The molecule has 2 aromatic rings. The van der Waals surface area contributed by atoms with Crippen molar-refractivity contribution >= 4 is 11.7 Å². The van der Waals surface area contributed by atoms with Gasteiger partial charge in [-0.25, -0.2) is 9.97 Å². The molecule has 9 nitrogen and oxygen atoms in total. The standard InChI is InChI=1S/C23H31N5O4/c1-23(2,30)15-32-16-7-8-24-19(13-16)21-25-18-6-4-5-17(18)22(26-21)27(3)14-20(29)28-9-11-31-12-10-28/h7-8,13,30H,4-6,9-12,14-15H2,1-3H3. The minimum Gasteiger partial charge on any atom is -0.490 e. The van der Waals surface area contributed by atoms with Crippen molar-refractivity contribution < 1.29 is 19.4 Å². The summed E-state index contributed by atoms with van der Waals surface area (Å²) < 4.78 is 11.1. The van der Waals surface area contributed by atoms with Crippen molar-refractivity contribution in [2.24, 2.45) is 0 Å². The molecule has 3 heterocycles. The Morgan fingerprint density at radius 2 is 2.06 bits per heavy atom. The zero-order valence-electron chi connectivity index (χ0n) is 19.0. The number of aryl methyl sites for hydroxylation is 1. The molecule has 1 fully saturated rings. The molecule has 0 bridgehead atoms. The molecule has 0 unspecified atom stereocenters. The minimum absolute atomic E-state index is 0.0721. The number of nitrogens with zero attached hydrogens (tertiary/aromatic N) is 5. The summed E-state index contributed by atoms with van der Waals surface area (Å²) in [5.41, 5.74) is 1.79. The Labute approximate surface area is 188 Å². The van der Waals surface area contributed by atoms with Crippen LogP contribution in [0.3, 0.4) is 0 Å². The fourth-order valence-corrected chi connectivity index (χ4v) is 3.92. The highest BCUT2D eigenvalue weighted by Gasteiger charge is 2.25.